The van der Waals surface area contributed by atoms with Crippen LogP contribution in [-0.2, 0) is 10.0 Å². The summed E-state index contributed by atoms with van der Waals surface area (Å²) >= 11 is 11.8. The molecule has 1 aromatic carbocycles. The van der Waals surface area contributed by atoms with Crippen molar-refractivity contribution in [1.82, 2.24) is 14.1 Å². The van der Waals surface area contributed by atoms with Crippen LogP contribution in [0.1, 0.15) is 36.0 Å². The van der Waals surface area contributed by atoms with Crippen LogP contribution in [0.15, 0.2) is 30.5 Å². The molecule has 0 radical (unpaired) electrons. The van der Waals surface area contributed by atoms with E-state index < -0.39 is 10.0 Å². The summed E-state index contributed by atoms with van der Waals surface area (Å²) in [6.45, 7) is 4.75. The highest BCUT2D eigenvalue weighted by Crippen LogP contribution is 2.23. The van der Waals surface area contributed by atoms with Crippen LogP contribution in [0.2, 0.25) is 10.0 Å². The van der Waals surface area contributed by atoms with Crippen molar-refractivity contribution in [1.29, 1.82) is 0 Å². The number of piperidine rings is 1. The quantitative estimate of drug-likeness (QED) is 0.461. The zero-order valence-electron chi connectivity index (χ0n) is 16.4. The molecule has 0 unspecified atom stereocenters. The van der Waals surface area contributed by atoms with Crippen molar-refractivity contribution in [2.75, 3.05) is 45.1 Å². The van der Waals surface area contributed by atoms with Gasteiger partial charge in [-0.05, 0) is 57.1 Å². The summed E-state index contributed by atoms with van der Waals surface area (Å²) < 4.78 is 26.8. The van der Waals surface area contributed by atoms with Gasteiger partial charge in [-0.25, -0.2) is 8.42 Å². The maximum atomic E-state index is 12.6. The first-order valence-corrected chi connectivity index (χ1v) is 12.3. The summed E-state index contributed by atoms with van der Waals surface area (Å²) in [5.74, 6) is -0.355. The average Bonchev–Trinajstić information content (AvgIpc) is 2.70. The zero-order chi connectivity index (χ0) is 20.9. The summed E-state index contributed by atoms with van der Waals surface area (Å²) in [6, 6.07) is 4.67. The maximum Gasteiger partial charge on any atom is 0.232 e. The van der Waals surface area contributed by atoms with Gasteiger partial charge >= 0.3 is 0 Å². The van der Waals surface area contributed by atoms with Gasteiger partial charge in [0.2, 0.25) is 10.0 Å². The number of nitrogens with zero attached hydrogens (tertiary/aromatic N) is 3. The fourth-order valence-corrected chi connectivity index (χ4v) is 5.54. The topological polar surface area (TPSA) is 60.9 Å². The third-order valence-electron chi connectivity index (χ3n) is 5.33. The minimum absolute atomic E-state index is 0.109. The molecule has 0 N–H and O–H groups in total. The normalized spacial score (nSPS) is 21.0. The van der Waals surface area contributed by atoms with Crippen LogP contribution in [0.4, 0.5) is 0 Å². The second-order valence-electron chi connectivity index (χ2n) is 7.52. The Hall–Kier alpha value is -1.12. The van der Waals surface area contributed by atoms with E-state index in [1.807, 2.05) is 0 Å². The number of hydrogen-bond acceptors (Lipinski definition) is 5. The largest absolute Gasteiger partial charge is 0.361 e. The van der Waals surface area contributed by atoms with E-state index in [1.54, 1.807) is 27.5 Å². The Morgan fingerprint density at radius 1 is 1.00 bits per heavy atom. The predicted molar refractivity (Wildman–Crippen MR) is 117 cm³/mol. The third-order valence-corrected chi connectivity index (χ3v) is 7.88. The van der Waals surface area contributed by atoms with Gasteiger partial charge in [0.25, 0.3) is 0 Å². The lowest BCUT2D eigenvalue weighted by Crippen LogP contribution is -2.48. The van der Waals surface area contributed by atoms with E-state index in [4.69, 9.17) is 23.2 Å². The number of hydrogen-bond donors (Lipinski definition) is 0. The molecule has 1 aromatic rings. The Kier molecular flexibility index (Phi) is 7.99. The first kappa shape index (κ1) is 22.6. The van der Waals surface area contributed by atoms with Crippen LogP contribution in [0.25, 0.3) is 0 Å². The van der Waals surface area contributed by atoms with E-state index in [9.17, 15) is 13.2 Å². The van der Waals surface area contributed by atoms with Crippen LogP contribution >= 0.6 is 23.2 Å². The van der Waals surface area contributed by atoms with Crippen molar-refractivity contribution in [3.8, 4) is 0 Å². The number of carbonyl (C=O) groups is 1. The van der Waals surface area contributed by atoms with E-state index in [-0.39, 0.29) is 11.7 Å². The van der Waals surface area contributed by atoms with Gasteiger partial charge in [-0.3, -0.25) is 4.79 Å². The van der Waals surface area contributed by atoms with E-state index >= 15 is 0 Å². The van der Waals surface area contributed by atoms with Gasteiger partial charge in [-0.15, -0.1) is 0 Å². The van der Waals surface area contributed by atoms with Gasteiger partial charge < -0.3 is 9.80 Å². The first-order chi connectivity index (χ1) is 13.8. The van der Waals surface area contributed by atoms with Crippen LogP contribution in [-0.4, -0.2) is 73.5 Å². The Bertz CT molecular complexity index is 855. The SMILES string of the molecule is O=C(/C=C/N1CCN(CCCN2CCCCC2)S(=O)(=O)C1)c1ccc(Cl)c(Cl)c1. The highest BCUT2D eigenvalue weighted by Gasteiger charge is 2.29. The number of rotatable bonds is 7. The minimum Gasteiger partial charge on any atom is -0.361 e. The van der Waals surface area contributed by atoms with Crippen LogP contribution in [0, 0.1) is 0 Å². The van der Waals surface area contributed by atoms with E-state index in [2.05, 4.69) is 4.90 Å². The molecule has 0 atom stereocenters. The van der Waals surface area contributed by atoms with E-state index in [1.165, 1.54) is 31.4 Å². The molecule has 0 saturated carbocycles. The molecule has 29 heavy (non-hydrogen) atoms. The monoisotopic (exact) mass is 459 g/mol. The van der Waals surface area contributed by atoms with E-state index in [0.717, 1.165) is 26.1 Å². The first-order valence-electron chi connectivity index (χ1n) is 9.97. The Morgan fingerprint density at radius 2 is 1.76 bits per heavy atom. The van der Waals surface area contributed by atoms with Gasteiger partial charge in [0.05, 0.1) is 10.0 Å². The lowest BCUT2D eigenvalue weighted by atomic mass is 10.1. The summed E-state index contributed by atoms with van der Waals surface area (Å²) in [7, 11) is -3.36. The number of carbonyl (C=O) groups excluding carboxylic acids is 1. The van der Waals surface area contributed by atoms with E-state index in [0.29, 0.717) is 35.2 Å². The second-order valence-corrected chi connectivity index (χ2v) is 10.3. The molecule has 9 heteroatoms. The number of halogens is 2. The molecule has 2 aliphatic heterocycles. The number of sulfonamides is 1. The molecular weight excluding hydrogens is 433 g/mol. The zero-order valence-corrected chi connectivity index (χ0v) is 18.7. The molecule has 0 spiro atoms. The van der Waals surface area contributed by atoms with Crippen molar-refractivity contribution in [3.63, 3.8) is 0 Å². The Balaban J connectivity index is 1.49. The molecule has 0 aromatic heterocycles. The van der Waals surface area contributed by atoms with Crippen LogP contribution in [0.3, 0.4) is 0 Å². The van der Waals surface area contributed by atoms with Crippen molar-refractivity contribution in [2.45, 2.75) is 25.7 Å². The highest BCUT2D eigenvalue weighted by molar-refractivity contribution is 7.89. The molecule has 0 amide bonds. The fraction of sp³-hybridized carbons (Fsp3) is 0.550. The second kappa shape index (κ2) is 10.3. The predicted octanol–water partition coefficient (Wildman–Crippen LogP) is 3.47. The van der Waals surface area contributed by atoms with Gasteiger partial charge in [-0.2, -0.15) is 4.31 Å². The minimum atomic E-state index is -3.36. The van der Waals surface area contributed by atoms with Crippen molar-refractivity contribution < 1.29 is 13.2 Å². The average molecular weight is 460 g/mol. The number of likely N-dealkylation sites (tertiary alicyclic amines) is 1. The molecule has 6 nitrogen and oxygen atoms in total. The van der Waals surface area contributed by atoms with Gasteiger partial charge in [0.1, 0.15) is 5.88 Å². The van der Waals surface area contributed by atoms with Gasteiger partial charge in [-0.1, -0.05) is 29.6 Å². The van der Waals surface area contributed by atoms with Crippen molar-refractivity contribution in [2.24, 2.45) is 0 Å². The molecule has 2 saturated heterocycles. The van der Waals surface area contributed by atoms with Gasteiger partial charge in [0, 0.05) is 37.5 Å². The molecule has 0 aliphatic carbocycles. The maximum absolute atomic E-state index is 12.6. The number of ketones is 1. The standard InChI is InChI=1S/C20H27Cl2N3O3S/c21-18-6-5-17(15-19(18)22)20(26)7-12-24-13-14-25(29(27,28)16-24)11-4-10-23-8-2-1-3-9-23/h5-7,12,15H,1-4,8-11,13-14,16H2/b12-7+. The molecule has 0 bridgehead atoms. The molecule has 160 valence electrons. The van der Waals surface area contributed by atoms with Crippen molar-refractivity contribution >= 4 is 39.0 Å². The number of benzene rings is 1. The summed E-state index contributed by atoms with van der Waals surface area (Å²) in [6.07, 6.45) is 7.56. The Morgan fingerprint density at radius 3 is 2.45 bits per heavy atom. The summed E-state index contributed by atoms with van der Waals surface area (Å²) in [5, 5.41) is 0.696. The molecule has 2 aliphatic rings. The van der Waals surface area contributed by atoms with Crippen LogP contribution in [0.5, 0.6) is 0 Å². The Labute approximate surface area is 183 Å². The summed E-state index contributed by atoms with van der Waals surface area (Å²) in [4.78, 5) is 16.4. The molecule has 2 fully saturated rings. The highest BCUT2D eigenvalue weighted by atomic mass is 35.5. The molecule has 3 rings (SSSR count). The summed E-state index contributed by atoms with van der Waals surface area (Å²) in [5.41, 5.74) is 0.412. The smallest absolute Gasteiger partial charge is 0.232 e. The number of allylic oxidation sites excluding steroid dienone is 1. The lowest BCUT2D eigenvalue weighted by Gasteiger charge is -2.34. The third kappa shape index (κ3) is 6.43. The van der Waals surface area contributed by atoms with Crippen LogP contribution < -0.4 is 0 Å². The van der Waals surface area contributed by atoms with Crippen molar-refractivity contribution in [3.05, 3.63) is 46.1 Å². The lowest BCUT2D eigenvalue weighted by molar-refractivity contribution is 0.104. The fourth-order valence-electron chi connectivity index (χ4n) is 3.68. The molecule has 2 heterocycles. The van der Waals surface area contributed by atoms with Gasteiger partial charge in [0.15, 0.2) is 5.78 Å². The molecular formula is C20H27Cl2N3O3S.